The first-order valence-corrected chi connectivity index (χ1v) is 5.41. The van der Waals surface area contributed by atoms with E-state index < -0.39 is 11.7 Å². The molecule has 19 heavy (non-hydrogen) atoms. The first kappa shape index (κ1) is 13.2. The van der Waals surface area contributed by atoms with Gasteiger partial charge in [0.15, 0.2) is 5.82 Å². The molecule has 0 amide bonds. The third-order valence-electron chi connectivity index (χ3n) is 2.62. The second kappa shape index (κ2) is 4.79. The Hall–Kier alpha value is -2.25. The molecule has 0 fully saturated rings. The summed E-state index contributed by atoms with van der Waals surface area (Å²) in [6, 6.07) is 3.18. The molecule has 0 aliphatic rings. The van der Waals surface area contributed by atoms with E-state index in [1.807, 2.05) is 0 Å². The summed E-state index contributed by atoms with van der Waals surface area (Å²) >= 11 is 0. The predicted molar refractivity (Wildman–Crippen MR) is 64.2 cm³/mol. The van der Waals surface area contributed by atoms with Gasteiger partial charge in [0.2, 0.25) is 0 Å². The van der Waals surface area contributed by atoms with Crippen molar-refractivity contribution in [1.29, 1.82) is 0 Å². The molecule has 0 aliphatic heterocycles. The van der Waals surface area contributed by atoms with Crippen molar-refractivity contribution in [2.24, 2.45) is 7.05 Å². The van der Waals surface area contributed by atoms with Gasteiger partial charge < -0.3 is 15.6 Å². The molecular weight excluding hydrogens is 259 g/mol. The molecule has 3 N–H and O–H groups in total. The van der Waals surface area contributed by atoms with Gasteiger partial charge in [-0.15, -0.1) is 10.2 Å². The number of hydrogen-bond acceptors (Lipinski definition) is 4. The SMILES string of the molecule is Cn1cnnc1CNc1ccc(C(F)(F)F)cc1N. The number of nitrogens with zero attached hydrogens (tertiary/aromatic N) is 3. The lowest BCUT2D eigenvalue weighted by Gasteiger charge is -2.12. The van der Waals surface area contributed by atoms with Gasteiger partial charge >= 0.3 is 6.18 Å². The van der Waals surface area contributed by atoms with E-state index in [2.05, 4.69) is 15.5 Å². The summed E-state index contributed by atoms with van der Waals surface area (Å²) in [6.07, 6.45) is -2.86. The molecule has 0 atom stereocenters. The van der Waals surface area contributed by atoms with Gasteiger partial charge in [-0.05, 0) is 18.2 Å². The van der Waals surface area contributed by atoms with Gasteiger partial charge in [0.25, 0.3) is 0 Å². The average molecular weight is 271 g/mol. The van der Waals surface area contributed by atoms with Gasteiger partial charge in [-0.1, -0.05) is 0 Å². The molecule has 8 heteroatoms. The van der Waals surface area contributed by atoms with E-state index in [0.717, 1.165) is 12.1 Å². The first-order valence-electron chi connectivity index (χ1n) is 5.41. The van der Waals surface area contributed by atoms with Crippen molar-refractivity contribution in [3.63, 3.8) is 0 Å². The zero-order valence-corrected chi connectivity index (χ0v) is 10.1. The van der Waals surface area contributed by atoms with Crippen LogP contribution in [0.5, 0.6) is 0 Å². The van der Waals surface area contributed by atoms with Gasteiger partial charge in [0.1, 0.15) is 6.33 Å². The van der Waals surface area contributed by atoms with Crippen molar-refractivity contribution in [1.82, 2.24) is 14.8 Å². The number of rotatable bonds is 3. The van der Waals surface area contributed by atoms with E-state index in [1.54, 1.807) is 11.6 Å². The fourth-order valence-corrected chi connectivity index (χ4v) is 1.54. The van der Waals surface area contributed by atoms with Crippen LogP contribution < -0.4 is 11.1 Å². The zero-order chi connectivity index (χ0) is 14.0. The standard InChI is InChI=1S/C11H12F3N5/c1-19-6-17-18-10(19)5-16-9-3-2-7(4-8(9)15)11(12,13)14/h2-4,6,16H,5,15H2,1H3. The van der Waals surface area contributed by atoms with Gasteiger partial charge in [0.05, 0.1) is 23.5 Å². The molecule has 0 saturated carbocycles. The van der Waals surface area contributed by atoms with Crippen molar-refractivity contribution in [2.75, 3.05) is 11.1 Å². The topological polar surface area (TPSA) is 68.8 Å². The molecule has 102 valence electrons. The van der Waals surface area contributed by atoms with E-state index >= 15 is 0 Å². The fourth-order valence-electron chi connectivity index (χ4n) is 1.54. The Morgan fingerprint density at radius 3 is 2.63 bits per heavy atom. The summed E-state index contributed by atoms with van der Waals surface area (Å²) in [5, 5.41) is 10.5. The van der Waals surface area contributed by atoms with Crippen LogP contribution in [-0.2, 0) is 19.8 Å². The van der Waals surface area contributed by atoms with Crippen LogP contribution in [0.15, 0.2) is 24.5 Å². The Morgan fingerprint density at radius 1 is 1.37 bits per heavy atom. The smallest absolute Gasteiger partial charge is 0.397 e. The molecule has 2 rings (SSSR count). The Labute approximate surface area is 107 Å². The third kappa shape index (κ3) is 2.95. The maximum absolute atomic E-state index is 12.5. The summed E-state index contributed by atoms with van der Waals surface area (Å²) in [7, 11) is 1.77. The molecule has 0 unspecified atom stereocenters. The van der Waals surface area contributed by atoms with Crippen LogP contribution in [0.25, 0.3) is 0 Å². The summed E-state index contributed by atoms with van der Waals surface area (Å²) in [6.45, 7) is 0.325. The predicted octanol–water partition coefficient (Wildman–Crippen LogP) is 2.03. The highest BCUT2D eigenvalue weighted by Crippen LogP contribution is 2.32. The van der Waals surface area contributed by atoms with Crippen LogP contribution in [0.4, 0.5) is 24.5 Å². The quantitative estimate of drug-likeness (QED) is 0.838. The molecule has 1 aromatic heterocycles. The van der Waals surface area contributed by atoms with Crippen LogP contribution in [-0.4, -0.2) is 14.8 Å². The number of anilines is 2. The monoisotopic (exact) mass is 271 g/mol. The molecule has 5 nitrogen and oxygen atoms in total. The highest BCUT2D eigenvalue weighted by Gasteiger charge is 2.30. The van der Waals surface area contributed by atoms with Gasteiger partial charge in [-0.3, -0.25) is 0 Å². The number of nitrogen functional groups attached to an aromatic ring is 1. The molecule has 0 radical (unpaired) electrons. The number of aromatic nitrogens is 3. The van der Waals surface area contributed by atoms with Crippen LogP contribution in [0.1, 0.15) is 11.4 Å². The number of alkyl halides is 3. The number of aryl methyl sites for hydroxylation is 1. The Kier molecular flexibility index (Phi) is 3.32. The minimum atomic E-state index is -4.39. The van der Waals surface area contributed by atoms with Crippen molar-refractivity contribution < 1.29 is 13.2 Å². The minimum Gasteiger partial charge on any atom is -0.397 e. The minimum absolute atomic E-state index is 0.0389. The highest BCUT2D eigenvalue weighted by atomic mass is 19.4. The second-order valence-corrected chi connectivity index (χ2v) is 4.01. The lowest BCUT2D eigenvalue weighted by molar-refractivity contribution is -0.137. The van der Waals surface area contributed by atoms with Crippen LogP contribution in [0, 0.1) is 0 Å². The third-order valence-corrected chi connectivity index (χ3v) is 2.62. The largest absolute Gasteiger partial charge is 0.416 e. The second-order valence-electron chi connectivity index (χ2n) is 4.01. The molecule has 2 aromatic rings. The molecule has 0 saturated heterocycles. The Morgan fingerprint density at radius 2 is 2.11 bits per heavy atom. The normalized spacial score (nSPS) is 11.6. The fraction of sp³-hybridized carbons (Fsp3) is 0.273. The van der Waals surface area contributed by atoms with E-state index in [-0.39, 0.29) is 5.69 Å². The number of benzene rings is 1. The molecule has 0 bridgehead atoms. The number of halogens is 3. The average Bonchev–Trinajstić information content (AvgIpc) is 2.72. The maximum Gasteiger partial charge on any atom is 0.416 e. The Bertz CT molecular complexity index is 576. The summed E-state index contributed by atoms with van der Waals surface area (Å²) in [5.74, 6) is 0.652. The number of nitrogens with two attached hydrogens (primary N) is 1. The van der Waals surface area contributed by atoms with Crippen LogP contribution in [0.2, 0.25) is 0 Å². The molecular formula is C11H12F3N5. The number of nitrogens with one attached hydrogen (secondary N) is 1. The molecule has 0 spiro atoms. The summed E-state index contributed by atoms with van der Waals surface area (Å²) in [4.78, 5) is 0. The first-order chi connectivity index (χ1) is 8.88. The molecule has 1 aromatic carbocycles. The summed E-state index contributed by atoms with van der Waals surface area (Å²) in [5.41, 5.74) is 5.29. The molecule has 0 aliphatic carbocycles. The van der Waals surface area contributed by atoms with E-state index in [0.29, 0.717) is 18.1 Å². The van der Waals surface area contributed by atoms with E-state index in [4.69, 9.17) is 5.73 Å². The number of hydrogen-bond donors (Lipinski definition) is 2. The van der Waals surface area contributed by atoms with E-state index in [9.17, 15) is 13.2 Å². The van der Waals surface area contributed by atoms with Gasteiger partial charge in [0, 0.05) is 7.05 Å². The highest BCUT2D eigenvalue weighted by molar-refractivity contribution is 5.67. The van der Waals surface area contributed by atoms with Crippen molar-refractivity contribution >= 4 is 11.4 Å². The van der Waals surface area contributed by atoms with Crippen molar-refractivity contribution in [3.05, 3.63) is 35.9 Å². The van der Waals surface area contributed by atoms with Gasteiger partial charge in [-0.25, -0.2) is 0 Å². The van der Waals surface area contributed by atoms with Crippen molar-refractivity contribution in [2.45, 2.75) is 12.7 Å². The zero-order valence-electron chi connectivity index (χ0n) is 10.1. The van der Waals surface area contributed by atoms with E-state index in [1.165, 1.54) is 12.4 Å². The van der Waals surface area contributed by atoms with Crippen LogP contribution >= 0.6 is 0 Å². The maximum atomic E-state index is 12.5. The van der Waals surface area contributed by atoms with Crippen LogP contribution in [0.3, 0.4) is 0 Å². The lowest BCUT2D eigenvalue weighted by Crippen LogP contribution is -2.09. The molecule has 1 heterocycles. The summed E-state index contributed by atoms with van der Waals surface area (Å²) < 4.78 is 39.1. The lowest BCUT2D eigenvalue weighted by atomic mass is 10.1. The van der Waals surface area contributed by atoms with Gasteiger partial charge in [-0.2, -0.15) is 13.2 Å². The van der Waals surface area contributed by atoms with Crippen molar-refractivity contribution in [3.8, 4) is 0 Å². The Balaban J connectivity index is 2.12.